The highest BCUT2D eigenvalue weighted by atomic mass is 32.1. The van der Waals surface area contributed by atoms with Crippen LogP contribution < -0.4 is 11.1 Å². The Labute approximate surface area is 128 Å². The number of rotatable bonds is 3. The molecular formula is C16H18N4S. The number of para-hydroxylation sites is 1. The van der Waals surface area contributed by atoms with Crippen LogP contribution in [0.1, 0.15) is 28.3 Å². The number of nitrogens with zero attached hydrogens (tertiary/aromatic N) is 2. The third-order valence-electron chi connectivity index (χ3n) is 3.52. The standard InChI is InChI=1S/C16H18N4S/c1-9-8-13(11(3)21-9)10(2)18-15-12-6-4-5-7-14(12)19-16(17)20-15/h4-8,10H,1-3H3,(H3,17,18,19,20). The predicted molar refractivity (Wildman–Crippen MR) is 89.8 cm³/mol. The van der Waals surface area contributed by atoms with Crippen molar-refractivity contribution in [1.82, 2.24) is 9.97 Å². The number of fused-ring (bicyclic) bond motifs is 1. The molecule has 0 aliphatic carbocycles. The van der Waals surface area contributed by atoms with Gasteiger partial charge in [0.2, 0.25) is 5.95 Å². The summed E-state index contributed by atoms with van der Waals surface area (Å²) in [6.45, 7) is 6.42. The highest BCUT2D eigenvalue weighted by Crippen LogP contribution is 2.30. The van der Waals surface area contributed by atoms with E-state index < -0.39 is 0 Å². The topological polar surface area (TPSA) is 63.8 Å². The molecule has 2 aromatic heterocycles. The molecule has 0 aliphatic rings. The van der Waals surface area contributed by atoms with E-state index >= 15 is 0 Å². The Bertz CT molecular complexity index is 794. The summed E-state index contributed by atoms with van der Waals surface area (Å²) in [4.78, 5) is 11.3. The van der Waals surface area contributed by atoms with Gasteiger partial charge in [0, 0.05) is 15.1 Å². The van der Waals surface area contributed by atoms with Gasteiger partial charge < -0.3 is 11.1 Å². The molecule has 0 fully saturated rings. The van der Waals surface area contributed by atoms with E-state index in [1.807, 2.05) is 35.6 Å². The number of nitrogens with two attached hydrogens (primary N) is 1. The first-order chi connectivity index (χ1) is 10.0. The quantitative estimate of drug-likeness (QED) is 0.765. The Morgan fingerprint density at radius 3 is 2.67 bits per heavy atom. The number of nitrogens with one attached hydrogen (secondary N) is 1. The van der Waals surface area contributed by atoms with Crippen LogP contribution in [0.3, 0.4) is 0 Å². The lowest BCUT2D eigenvalue weighted by Gasteiger charge is -2.16. The fourth-order valence-electron chi connectivity index (χ4n) is 2.57. The zero-order valence-electron chi connectivity index (χ0n) is 12.3. The number of benzene rings is 1. The molecule has 1 atom stereocenters. The molecule has 0 amide bonds. The molecule has 0 radical (unpaired) electrons. The van der Waals surface area contributed by atoms with E-state index in [1.165, 1.54) is 15.3 Å². The van der Waals surface area contributed by atoms with Gasteiger partial charge in [-0.2, -0.15) is 4.98 Å². The minimum Gasteiger partial charge on any atom is -0.368 e. The summed E-state index contributed by atoms with van der Waals surface area (Å²) in [5.74, 6) is 1.08. The molecular weight excluding hydrogens is 280 g/mol. The molecule has 4 nitrogen and oxygen atoms in total. The van der Waals surface area contributed by atoms with Crippen LogP contribution in [0.5, 0.6) is 0 Å². The van der Waals surface area contributed by atoms with E-state index in [2.05, 4.69) is 42.1 Å². The second-order valence-corrected chi connectivity index (χ2v) is 6.64. The predicted octanol–water partition coefficient (Wildman–Crippen LogP) is 4.06. The van der Waals surface area contributed by atoms with E-state index in [-0.39, 0.29) is 6.04 Å². The lowest BCUT2D eigenvalue weighted by atomic mass is 10.1. The second-order valence-electron chi connectivity index (χ2n) is 5.18. The number of aromatic nitrogens is 2. The number of hydrogen-bond donors (Lipinski definition) is 2. The molecule has 21 heavy (non-hydrogen) atoms. The highest BCUT2D eigenvalue weighted by molar-refractivity contribution is 7.12. The van der Waals surface area contributed by atoms with Crippen LogP contribution in [-0.4, -0.2) is 9.97 Å². The van der Waals surface area contributed by atoms with Gasteiger partial charge in [0.25, 0.3) is 0 Å². The maximum absolute atomic E-state index is 5.81. The number of thiophene rings is 1. The molecule has 1 unspecified atom stereocenters. The van der Waals surface area contributed by atoms with Crippen molar-refractivity contribution in [1.29, 1.82) is 0 Å². The zero-order valence-corrected chi connectivity index (χ0v) is 13.2. The molecule has 108 valence electrons. The van der Waals surface area contributed by atoms with Crippen LogP contribution in [0.2, 0.25) is 0 Å². The van der Waals surface area contributed by atoms with Crippen molar-refractivity contribution < 1.29 is 0 Å². The molecule has 3 N–H and O–H groups in total. The highest BCUT2D eigenvalue weighted by Gasteiger charge is 2.14. The summed E-state index contributed by atoms with van der Waals surface area (Å²) < 4.78 is 0. The van der Waals surface area contributed by atoms with Crippen molar-refractivity contribution in [2.75, 3.05) is 11.1 Å². The third-order valence-corrected chi connectivity index (χ3v) is 4.50. The van der Waals surface area contributed by atoms with Gasteiger partial charge in [0.15, 0.2) is 0 Å². The minimum absolute atomic E-state index is 0.174. The van der Waals surface area contributed by atoms with Crippen LogP contribution in [0, 0.1) is 13.8 Å². The molecule has 0 aliphatic heterocycles. The van der Waals surface area contributed by atoms with Crippen LogP contribution in [0.25, 0.3) is 10.9 Å². The van der Waals surface area contributed by atoms with Crippen molar-refractivity contribution in [3.8, 4) is 0 Å². The van der Waals surface area contributed by atoms with Crippen LogP contribution in [0.4, 0.5) is 11.8 Å². The molecule has 1 aromatic carbocycles. The van der Waals surface area contributed by atoms with Gasteiger partial charge in [0.05, 0.1) is 11.6 Å². The van der Waals surface area contributed by atoms with Crippen molar-refractivity contribution in [3.63, 3.8) is 0 Å². The number of hydrogen-bond acceptors (Lipinski definition) is 5. The Hall–Kier alpha value is -2.14. The fraction of sp³-hybridized carbons (Fsp3) is 0.250. The minimum atomic E-state index is 0.174. The monoisotopic (exact) mass is 298 g/mol. The Morgan fingerprint density at radius 1 is 1.19 bits per heavy atom. The summed E-state index contributed by atoms with van der Waals surface area (Å²) >= 11 is 1.82. The molecule has 5 heteroatoms. The third kappa shape index (κ3) is 2.69. The largest absolute Gasteiger partial charge is 0.368 e. The van der Waals surface area contributed by atoms with Crippen molar-refractivity contribution in [2.45, 2.75) is 26.8 Å². The van der Waals surface area contributed by atoms with Crippen LogP contribution >= 0.6 is 11.3 Å². The maximum Gasteiger partial charge on any atom is 0.222 e. The van der Waals surface area contributed by atoms with E-state index in [9.17, 15) is 0 Å². The molecule has 0 bridgehead atoms. The summed E-state index contributed by atoms with van der Waals surface area (Å²) in [6.07, 6.45) is 0. The van der Waals surface area contributed by atoms with Gasteiger partial charge in [-0.15, -0.1) is 11.3 Å². The Balaban J connectivity index is 1.99. The van der Waals surface area contributed by atoms with E-state index in [0.717, 1.165) is 16.7 Å². The average Bonchev–Trinajstić information content (AvgIpc) is 2.77. The van der Waals surface area contributed by atoms with Crippen molar-refractivity contribution in [2.24, 2.45) is 0 Å². The number of anilines is 2. The fourth-order valence-corrected chi connectivity index (χ4v) is 3.59. The Morgan fingerprint density at radius 2 is 1.95 bits per heavy atom. The van der Waals surface area contributed by atoms with E-state index in [0.29, 0.717) is 5.95 Å². The van der Waals surface area contributed by atoms with Gasteiger partial charge in [0.1, 0.15) is 5.82 Å². The van der Waals surface area contributed by atoms with E-state index in [1.54, 1.807) is 0 Å². The lowest BCUT2D eigenvalue weighted by molar-refractivity contribution is 0.874. The van der Waals surface area contributed by atoms with Gasteiger partial charge in [-0.25, -0.2) is 4.98 Å². The van der Waals surface area contributed by atoms with Gasteiger partial charge in [-0.1, -0.05) is 12.1 Å². The molecule has 3 rings (SSSR count). The summed E-state index contributed by atoms with van der Waals surface area (Å²) in [6, 6.07) is 10.3. The molecule has 0 saturated heterocycles. The first-order valence-electron chi connectivity index (χ1n) is 6.90. The molecule has 0 spiro atoms. The van der Waals surface area contributed by atoms with Crippen LogP contribution in [-0.2, 0) is 0 Å². The van der Waals surface area contributed by atoms with Crippen LogP contribution in [0.15, 0.2) is 30.3 Å². The second kappa shape index (κ2) is 5.33. The molecule has 3 aromatic rings. The molecule has 0 saturated carbocycles. The van der Waals surface area contributed by atoms with Gasteiger partial charge in [-0.05, 0) is 44.5 Å². The SMILES string of the molecule is Cc1cc(C(C)Nc2nc(N)nc3ccccc23)c(C)s1. The van der Waals surface area contributed by atoms with Crippen molar-refractivity contribution in [3.05, 3.63) is 45.6 Å². The summed E-state index contributed by atoms with van der Waals surface area (Å²) in [7, 11) is 0. The summed E-state index contributed by atoms with van der Waals surface area (Å²) in [5, 5.41) is 4.46. The first kappa shape index (κ1) is 13.8. The van der Waals surface area contributed by atoms with Gasteiger partial charge in [-0.3, -0.25) is 0 Å². The number of nitrogen functional groups attached to an aromatic ring is 1. The Kier molecular flexibility index (Phi) is 3.51. The van der Waals surface area contributed by atoms with E-state index in [4.69, 9.17) is 5.73 Å². The average molecular weight is 298 g/mol. The first-order valence-corrected chi connectivity index (χ1v) is 7.72. The normalized spacial score (nSPS) is 12.5. The maximum atomic E-state index is 5.81. The van der Waals surface area contributed by atoms with Crippen molar-refractivity contribution >= 4 is 34.0 Å². The smallest absolute Gasteiger partial charge is 0.222 e. The zero-order chi connectivity index (χ0) is 15.0. The lowest BCUT2D eigenvalue weighted by Crippen LogP contribution is -2.10. The van der Waals surface area contributed by atoms with Gasteiger partial charge >= 0.3 is 0 Å². The summed E-state index contributed by atoms with van der Waals surface area (Å²) in [5.41, 5.74) is 7.98. The molecule has 2 heterocycles. The number of aryl methyl sites for hydroxylation is 2.